The van der Waals surface area contributed by atoms with Crippen LogP contribution in [0.2, 0.25) is 0 Å². The number of hydrogen-bond acceptors (Lipinski definition) is 4. The molecule has 4 saturated carbocycles. The number of carbonyl (C=O) groups excluding carboxylic acids is 1. The normalized spacial score (nSPS) is 49.0. The number of aliphatic hydroxyl groups is 1. The van der Waals surface area contributed by atoms with E-state index < -0.39 is 5.60 Å². The van der Waals surface area contributed by atoms with Gasteiger partial charge in [0.2, 0.25) is 0 Å². The van der Waals surface area contributed by atoms with Gasteiger partial charge in [-0.1, -0.05) is 19.1 Å². The molecule has 4 aliphatic rings. The zero-order valence-electron chi connectivity index (χ0n) is 19.2. The molecule has 1 N–H and O–H groups in total. The molecule has 1 heterocycles. The third-order valence-electron chi connectivity index (χ3n) is 10.5. The van der Waals surface area contributed by atoms with Crippen molar-refractivity contribution in [3.05, 3.63) is 12.4 Å². The Hall–Kier alpha value is -1.23. The van der Waals surface area contributed by atoms with E-state index in [0.717, 1.165) is 31.1 Å². The quantitative estimate of drug-likeness (QED) is 0.771. The van der Waals surface area contributed by atoms with Crippen LogP contribution in [0.4, 0.5) is 0 Å². The third-order valence-corrected chi connectivity index (χ3v) is 10.5. The van der Waals surface area contributed by atoms with Gasteiger partial charge in [-0.05, 0) is 106 Å². The first kappa shape index (κ1) is 20.7. The van der Waals surface area contributed by atoms with Gasteiger partial charge in [0.25, 0.3) is 0 Å². The van der Waals surface area contributed by atoms with Gasteiger partial charge in [-0.25, -0.2) is 4.68 Å². The van der Waals surface area contributed by atoms with Gasteiger partial charge in [-0.3, -0.25) is 4.79 Å². The first-order chi connectivity index (χ1) is 14.2. The number of aromatic nitrogens is 3. The van der Waals surface area contributed by atoms with E-state index in [2.05, 4.69) is 24.2 Å². The molecule has 5 nitrogen and oxygen atoms in total. The lowest BCUT2D eigenvalue weighted by Gasteiger charge is -2.61. The van der Waals surface area contributed by atoms with Crippen LogP contribution in [0.5, 0.6) is 0 Å². The molecule has 30 heavy (non-hydrogen) atoms. The molecule has 0 saturated heterocycles. The number of rotatable bonds is 3. The van der Waals surface area contributed by atoms with Crippen LogP contribution in [0.25, 0.3) is 0 Å². The van der Waals surface area contributed by atoms with Crippen molar-refractivity contribution >= 4 is 5.78 Å². The van der Waals surface area contributed by atoms with Crippen LogP contribution in [0.3, 0.4) is 0 Å². The SMILES string of the molecule is CC(C(=O)[C@H]1CC[C@H]2[C@@H]3CC[C@H]4C[C@](C)(O)CC[C@]4(C)[C@H]3CC[C@]12C)n1ccnn1. The molecular weight excluding hydrogens is 374 g/mol. The second kappa shape index (κ2) is 6.88. The molecule has 4 fully saturated rings. The third kappa shape index (κ3) is 2.94. The topological polar surface area (TPSA) is 68.0 Å². The molecule has 9 atom stereocenters. The summed E-state index contributed by atoms with van der Waals surface area (Å²) in [6.07, 6.45) is 13.8. The van der Waals surface area contributed by atoms with Crippen molar-refractivity contribution in [2.24, 2.45) is 40.4 Å². The fourth-order valence-electron chi connectivity index (χ4n) is 8.74. The first-order valence-electron chi connectivity index (χ1n) is 12.3. The smallest absolute Gasteiger partial charge is 0.160 e. The van der Waals surface area contributed by atoms with E-state index in [1.165, 1.54) is 38.5 Å². The van der Waals surface area contributed by atoms with Crippen LogP contribution in [-0.2, 0) is 4.79 Å². The molecule has 0 radical (unpaired) electrons. The molecule has 0 aromatic carbocycles. The summed E-state index contributed by atoms with van der Waals surface area (Å²) in [4.78, 5) is 13.5. The number of fused-ring (bicyclic) bond motifs is 5. The van der Waals surface area contributed by atoms with Crippen LogP contribution >= 0.6 is 0 Å². The molecular formula is C25H39N3O2. The Kier molecular flexibility index (Phi) is 4.74. The highest BCUT2D eigenvalue weighted by Gasteiger charge is 2.62. The minimum absolute atomic E-state index is 0.135. The number of nitrogens with zero attached hydrogens (tertiary/aromatic N) is 3. The van der Waals surface area contributed by atoms with Gasteiger partial charge in [-0.15, -0.1) is 5.10 Å². The fraction of sp³-hybridized carbons (Fsp3) is 0.880. The second-order valence-corrected chi connectivity index (χ2v) is 12.0. The highest BCUT2D eigenvalue weighted by molar-refractivity contribution is 5.85. The molecule has 0 bridgehead atoms. The Bertz CT molecular complexity index is 805. The van der Waals surface area contributed by atoms with E-state index >= 15 is 0 Å². The van der Waals surface area contributed by atoms with Crippen molar-refractivity contribution in [3.8, 4) is 0 Å². The van der Waals surface area contributed by atoms with Crippen molar-refractivity contribution < 1.29 is 9.90 Å². The van der Waals surface area contributed by atoms with E-state index in [4.69, 9.17) is 0 Å². The molecule has 1 unspecified atom stereocenters. The molecule has 0 spiro atoms. The van der Waals surface area contributed by atoms with Gasteiger partial charge in [0.1, 0.15) is 6.04 Å². The largest absolute Gasteiger partial charge is 0.390 e. The van der Waals surface area contributed by atoms with E-state index in [1.807, 2.05) is 20.0 Å². The lowest BCUT2D eigenvalue weighted by atomic mass is 9.44. The predicted octanol–water partition coefficient (Wildman–Crippen LogP) is 4.82. The van der Waals surface area contributed by atoms with Crippen LogP contribution in [0.1, 0.15) is 91.5 Å². The standard InChI is InChI=1S/C25H39N3O2/c1-16(28-14-13-26-27-28)22(29)21-8-7-19-18-6-5-17-15-23(2,30)11-12-24(17,3)20(18)9-10-25(19,21)4/h13-14,16-21,30H,5-12,15H2,1-4H3/t16?,17-,18-,19-,20-,21+,23+,24-,25-/m0/s1. The van der Waals surface area contributed by atoms with Gasteiger partial charge in [0, 0.05) is 12.1 Å². The van der Waals surface area contributed by atoms with E-state index in [9.17, 15) is 9.90 Å². The molecule has 0 aliphatic heterocycles. The summed E-state index contributed by atoms with van der Waals surface area (Å²) in [5.74, 6) is 3.38. The van der Waals surface area contributed by atoms with Gasteiger partial charge < -0.3 is 5.11 Å². The molecule has 5 heteroatoms. The Balaban J connectivity index is 1.37. The fourth-order valence-corrected chi connectivity index (χ4v) is 8.74. The van der Waals surface area contributed by atoms with Crippen molar-refractivity contribution in [2.75, 3.05) is 0 Å². The van der Waals surface area contributed by atoms with Crippen LogP contribution in [0, 0.1) is 40.4 Å². The van der Waals surface area contributed by atoms with Gasteiger partial charge >= 0.3 is 0 Å². The summed E-state index contributed by atoms with van der Waals surface area (Å²) in [6.45, 7) is 8.99. The highest BCUT2D eigenvalue weighted by atomic mass is 16.3. The van der Waals surface area contributed by atoms with E-state index in [-0.39, 0.29) is 17.4 Å². The van der Waals surface area contributed by atoms with Crippen molar-refractivity contribution in [1.29, 1.82) is 0 Å². The predicted molar refractivity (Wildman–Crippen MR) is 116 cm³/mol. The number of carbonyl (C=O) groups is 1. The summed E-state index contributed by atoms with van der Waals surface area (Å²) in [5, 5.41) is 18.7. The molecule has 166 valence electrons. The zero-order chi connectivity index (χ0) is 21.3. The monoisotopic (exact) mass is 413 g/mol. The molecule has 4 aliphatic carbocycles. The Morgan fingerprint density at radius 2 is 1.80 bits per heavy atom. The number of ketones is 1. The summed E-state index contributed by atoms with van der Waals surface area (Å²) in [6, 6.07) is -0.223. The Morgan fingerprint density at radius 3 is 2.53 bits per heavy atom. The van der Waals surface area contributed by atoms with Crippen molar-refractivity contribution in [1.82, 2.24) is 15.0 Å². The van der Waals surface area contributed by atoms with Crippen LogP contribution < -0.4 is 0 Å². The van der Waals surface area contributed by atoms with Crippen molar-refractivity contribution in [2.45, 2.75) is 97.1 Å². The maximum absolute atomic E-state index is 13.5. The molecule has 1 aromatic rings. The summed E-state index contributed by atoms with van der Waals surface area (Å²) < 4.78 is 1.73. The van der Waals surface area contributed by atoms with Gasteiger partial charge in [-0.2, -0.15) is 0 Å². The average Bonchev–Trinajstić information content (AvgIpc) is 3.35. The zero-order valence-corrected chi connectivity index (χ0v) is 19.2. The maximum Gasteiger partial charge on any atom is 0.160 e. The lowest BCUT2D eigenvalue weighted by Crippen LogP contribution is -2.55. The van der Waals surface area contributed by atoms with E-state index in [1.54, 1.807) is 10.9 Å². The average molecular weight is 414 g/mol. The van der Waals surface area contributed by atoms with Crippen molar-refractivity contribution in [3.63, 3.8) is 0 Å². The Morgan fingerprint density at radius 1 is 1.03 bits per heavy atom. The minimum atomic E-state index is -0.470. The van der Waals surface area contributed by atoms with Crippen LogP contribution in [0.15, 0.2) is 12.4 Å². The molecule has 0 amide bonds. The summed E-state index contributed by atoms with van der Waals surface area (Å²) in [7, 11) is 0. The summed E-state index contributed by atoms with van der Waals surface area (Å²) >= 11 is 0. The highest BCUT2D eigenvalue weighted by Crippen LogP contribution is 2.68. The number of Topliss-reactive ketones (excluding diaryl/α,β-unsaturated/α-hetero) is 1. The summed E-state index contributed by atoms with van der Waals surface area (Å²) in [5.41, 5.74) is 0.0433. The molecule has 1 aromatic heterocycles. The maximum atomic E-state index is 13.5. The second-order valence-electron chi connectivity index (χ2n) is 12.0. The van der Waals surface area contributed by atoms with Gasteiger partial charge in [0.05, 0.1) is 11.8 Å². The van der Waals surface area contributed by atoms with Crippen LogP contribution in [-0.4, -0.2) is 31.5 Å². The van der Waals surface area contributed by atoms with E-state index in [0.29, 0.717) is 23.0 Å². The van der Waals surface area contributed by atoms with Gasteiger partial charge in [0.15, 0.2) is 5.78 Å². The molecule has 5 rings (SSSR count). The number of hydrogen-bond donors (Lipinski definition) is 1. The lowest BCUT2D eigenvalue weighted by molar-refractivity contribution is -0.151. The first-order valence-corrected chi connectivity index (χ1v) is 12.3. The minimum Gasteiger partial charge on any atom is -0.390 e. The Labute approximate surface area is 181 Å².